The lowest BCUT2D eigenvalue weighted by Crippen LogP contribution is -2.40. The predicted molar refractivity (Wildman–Crippen MR) is 121 cm³/mol. The van der Waals surface area contributed by atoms with Crippen molar-refractivity contribution in [3.8, 4) is 0 Å². The molecule has 0 atom stereocenters. The Hall–Kier alpha value is -4.12. The van der Waals surface area contributed by atoms with E-state index in [9.17, 15) is 27.7 Å². The van der Waals surface area contributed by atoms with Crippen LogP contribution in [0.5, 0.6) is 0 Å². The Labute approximate surface area is 189 Å². The number of anilines is 1. The van der Waals surface area contributed by atoms with Crippen LogP contribution in [-0.2, 0) is 14.8 Å². The van der Waals surface area contributed by atoms with E-state index in [0.717, 1.165) is 6.07 Å². The van der Waals surface area contributed by atoms with Gasteiger partial charge in [-0.3, -0.25) is 14.9 Å². The van der Waals surface area contributed by atoms with Crippen LogP contribution in [0, 0.1) is 15.9 Å². The van der Waals surface area contributed by atoms with Crippen LogP contribution in [0.3, 0.4) is 0 Å². The number of halogens is 1. The first-order chi connectivity index (χ1) is 15.7. The molecule has 3 aromatic rings. The van der Waals surface area contributed by atoms with E-state index in [4.69, 9.17) is 0 Å². The predicted octanol–water partition coefficient (Wildman–Crippen LogP) is 3.47. The van der Waals surface area contributed by atoms with Crippen LogP contribution < -0.4 is 9.73 Å². The standard InChI is InChI=1S/C22H19FN4O5S/c1-16(17-11-13-18(23)14-12-17)24-25-22(28)15-26(20-9-5-6-10-21(20)27(29)30)33(31,32)19-7-3-2-4-8-19/h2-14H,15H2,1H3,(H,25,28)/b24-16-. The van der Waals surface area contributed by atoms with Gasteiger partial charge in [-0.1, -0.05) is 42.5 Å². The van der Waals surface area contributed by atoms with Crippen LogP contribution in [0.25, 0.3) is 0 Å². The van der Waals surface area contributed by atoms with Crippen molar-refractivity contribution in [3.05, 3.63) is 100 Å². The van der Waals surface area contributed by atoms with Crippen LogP contribution >= 0.6 is 0 Å². The summed E-state index contributed by atoms with van der Waals surface area (Å²) >= 11 is 0. The van der Waals surface area contributed by atoms with Gasteiger partial charge in [0.25, 0.3) is 21.6 Å². The lowest BCUT2D eigenvalue weighted by molar-refractivity contribution is -0.384. The van der Waals surface area contributed by atoms with Gasteiger partial charge in [-0.15, -0.1) is 0 Å². The molecule has 0 aliphatic heterocycles. The molecule has 11 heteroatoms. The average molecular weight is 470 g/mol. The average Bonchev–Trinajstić information content (AvgIpc) is 2.82. The molecular weight excluding hydrogens is 451 g/mol. The number of amides is 1. The molecule has 1 amide bonds. The number of nitrogens with zero attached hydrogens (tertiary/aromatic N) is 3. The van der Waals surface area contributed by atoms with Crippen molar-refractivity contribution in [3.63, 3.8) is 0 Å². The smallest absolute Gasteiger partial charge is 0.271 e. The van der Waals surface area contributed by atoms with E-state index in [2.05, 4.69) is 10.5 Å². The number of para-hydroxylation sites is 2. The minimum absolute atomic E-state index is 0.137. The van der Waals surface area contributed by atoms with Crippen LogP contribution in [0.2, 0.25) is 0 Å². The third-order valence-corrected chi connectivity index (χ3v) is 6.35. The summed E-state index contributed by atoms with van der Waals surface area (Å²) in [6.07, 6.45) is 0. The second kappa shape index (κ2) is 10.0. The zero-order valence-corrected chi connectivity index (χ0v) is 18.2. The molecule has 0 radical (unpaired) electrons. The van der Waals surface area contributed by atoms with Gasteiger partial charge >= 0.3 is 0 Å². The van der Waals surface area contributed by atoms with Gasteiger partial charge < -0.3 is 0 Å². The first-order valence-electron chi connectivity index (χ1n) is 9.60. The van der Waals surface area contributed by atoms with Gasteiger partial charge in [0.05, 0.1) is 15.5 Å². The summed E-state index contributed by atoms with van der Waals surface area (Å²) < 4.78 is 40.3. The van der Waals surface area contributed by atoms with Gasteiger partial charge in [0.15, 0.2) is 0 Å². The van der Waals surface area contributed by atoms with Gasteiger partial charge in [-0.25, -0.2) is 22.5 Å². The van der Waals surface area contributed by atoms with Crippen molar-refractivity contribution in [2.45, 2.75) is 11.8 Å². The van der Waals surface area contributed by atoms with Crippen molar-refractivity contribution in [1.82, 2.24) is 5.43 Å². The molecule has 0 saturated heterocycles. The Morgan fingerprint density at radius 2 is 1.64 bits per heavy atom. The molecule has 0 unspecified atom stereocenters. The second-order valence-electron chi connectivity index (χ2n) is 6.81. The largest absolute Gasteiger partial charge is 0.293 e. The minimum atomic E-state index is -4.32. The molecule has 0 aliphatic rings. The number of hydrazone groups is 1. The van der Waals surface area contributed by atoms with Crippen molar-refractivity contribution >= 4 is 33.0 Å². The second-order valence-corrected chi connectivity index (χ2v) is 8.67. The van der Waals surface area contributed by atoms with E-state index < -0.39 is 38.9 Å². The fourth-order valence-electron chi connectivity index (χ4n) is 2.92. The number of rotatable bonds is 8. The molecule has 3 rings (SSSR count). The van der Waals surface area contributed by atoms with Crippen molar-refractivity contribution in [1.29, 1.82) is 0 Å². The minimum Gasteiger partial charge on any atom is -0.271 e. The zero-order chi connectivity index (χ0) is 24.0. The summed E-state index contributed by atoms with van der Waals surface area (Å²) in [5.41, 5.74) is 2.41. The molecule has 9 nitrogen and oxygen atoms in total. The van der Waals surface area contributed by atoms with Crippen LogP contribution in [0.1, 0.15) is 12.5 Å². The molecule has 0 aliphatic carbocycles. The molecule has 0 bridgehead atoms. The Bertz CT molecular complexity index is 1300. The molecule has 170 valence electrons. The Morgan fingerprint density at radius 3 is 2.27 bits per heavy atom. The number of hydrogen-bond donors (Lipinski definition) is 1. The summed E-state index contributed by atoms with van der Waals surface area (Å²) in [6.45, 7) is 0.816. The first-order valence-corrected chi connectivity index (χ1v) is 11.0. The fourth-order valence-corrected chi connectivity index (χ4v) is 4.37. The molecule has 1 N–H and O–H groups in total. The number of nitrogens with one attached hydrogen (secondary N) is 1. The van der Waals surface area contributed by atoms with Crippen LogP contribution in [-0.4, -0.2) is 31.5 Å². The van der Waals surface area contributed by atoms with Gasteiger partial charge in [0.1, 0.15) is 18.0 Å². The van der Waals surface area contributed by atoms with Crippen LogP contribution in [0.15, 0.2) is 88.9 Å². The number of carbonyl (C=O) groups is 1. The van der Waals surface area contributed by atoms with Gasteiger partial charge in [0.2, 0.25) is 0 Å². The maximum atomic E-state index is 13.3. The van der Waals surface area contributed by atoms with E-state index in [0.29, 0.717) is 15.6 Å². The van der Waals surface area contributed by atoms with E-state index in [1.54, 1.807) is 13.0 Å². The van der Waals surface area contributed by atoms with E-state index in [1.165, 1.54) is 66.7 Å². The van der Waals surface area contributed by atoms with Gasteiger partial charge in [-0.05, 0) is 42.8 Å². The monoisotopic (exact) mass is 470 g/mol. The lowest BCUT2D eigenvalue weighted by atomic mass is 10.1. The highest BCUT2D eigenvalue weighted by Gasteiger charge is 2.31. The SMILES string of the molecule is C/C(=N/NC(=O)CN(c1ccccc1[N+](=O)[O-])S(=O)(=O)c1ccccc1)c1ccc(F)cc1. The fraction of sp³-hybridized carbons (Fsp3) is 0.0909. The number of nitro groups is 1. The summed E-state index contributed by atoms with van der Waals surface area (Å²) in [5, 5.41) is 15.4. The summed E-state index contributed by atoms with van der Waals surface area (Å²) in [6, 6.07) is 17.9. The van der Waals surface area contributed by atoms with Crippen molar-refractivity contribution in [2.24, 2.45) is 5.10 Å². The number of benzene rings is 3. The van der Waals surface area contributed by atoms with Crippen molar-refractivity contribution < 1.29 is 22.5 Å². The first kappa shape index (κ1) is 23.5. The summed E-state index contributed by atoms with van der Waals surface area (Å²) in [5.74, 6) is -1.25. The molecule has 0 aromatic heterocycles. The van der Waals surface area contributed by atoms with Crippen LogP contribution in [0.4, 0.5) is 15.8 Å². The lowest BCUT2D eigenvalue weighted by Gasteiger charge is -2.23. The number of nitro benzene ring substituents is 1. The number of sulfonamides is 1. The quantitative estimate of drug-likeness (QED) is 0.307. The number of hydrogen-bond acceptors (Lipinski definition) is 6. The highest BCUT2D eigenvalue weighted by Crippen LogP contribution is 2.31. The highest BCUT2D eigenvalue weighted by atomic mass is 32.2. The maximum absolute atomic E-state index is 13.3. The number of carbonyl (C=O) groups excluding carboxylic acids is 1. The summed E-state index contributed by atoms with van der Waals surface area (Å²) in [4.78, 5) is 23.3. The molecule has 3 aromatic carbocycles. The molecule has 0 fully saturated rings. The molecule has 0 spiro atoms. The van der Waals surface area contributed by atoms with E-state index >= 15 is 0 Å². The highest BCUT2D eigenvalue weighted by molar-refractivity contribution is 7.92. The Morgan fingerprint density at radius 1 is 1.03 bits per heavy atom. The van der Waals surface area contributed by atoms with Gasteiger partial charge in [-0.2, -0.15) is 5.10 Å². The maximum Gasteiger partial charge on any atom is 0.293 e. The zero-order valence-electron chi connectivity index (χ0n) is 17.4. The normalized spacial score (nSPS) is 11.6. The van der Waals surface area contributed by atoms with E-state index in [-0.39, 0.29) is 10.6 Å². The Kier molecular flexibility index (Phi) is 7.13. The Balaban J connectivity index is 1.94. The molecule has 33 heavy (non-hydrogen) atoms. The topological polar surface area (TPSA) is 122 Å². The molecule has 0 heterocycles. The summed E-state index contributed by atoms with van der Waals surface area (Å²) in [7, 11) is -4.32. The third-order valence-electron chi connectivity index (χ3n) is 4.58. The van der Waals surface area contributed by atoms with Gasteiger partial charge in [0, 0.05) is 6.07 Å². The van der Waals surface area contributed by atoms with Crippen molar-refractivity contribution in [2.75, 3.05) is 10.8 Å². The molecular formula is C22H19FN4O5S. The third kappa shape index (κ3) is 5.57. The molecule has 0 saturated carbocycles. The van der Waals surface area contributed by atoms with E-state index in [1.807, 2.05) is 0 Å².